The number of carbonyl (C=O) groups is 2. The van der Waals surface area contributed by atoms with Gasteiger partial charge in [-0.2, -0.15) is 0 Å². The van der Waals surface area contributed by atoms with E-state index in [-0.39, 0.29) is 17.8 Å². The van der Waals surface area contributed by atoms with Gasteiger partial charge in [-0.05, 0) is 50.1 Å². The molecule has 1 aliphatic heterocycles. The molecule has 2 aromatic carbocycles. The minimum Gasteiger partial charge on any atom is -0.466 e. The number of H-pyrrole nitrogens is 1. The van der Waals surface area contributed by atoms with Crippen molar-refractivity contribution in [2.45, 2.75) is 36.1 Å². The molecule has 3 aromatic rings. The fraction of sp³-hybridized carbons (Fsp3) is 0.333. The Morgan fingerprint density at radius 3 is 2.55 bits per heavy atom. The normalized spacial score (nSPS) is 14.7. The minimum absolute atomic E-state index is 0.0880. The Labute approximate surface area is 191 Å². The summed E-state index contributed by atoms with van der Waals surface area (Å²) in [4.78, 5) is 31.5. The smallest absolute Gasteiger partial charge is 0.309 e. The van der Waals surface area contributed by atoms with Crippen molar-refractivity contribution in [3.63, 3.8) is 0 Å². The first kappa shape index (κ1) is 21.8. The first-order valence-corrected chi connectivity index (χ1v) is 11.7. The number of rotatable bonds is 6. The molecule has 1 N–H and O–H groups in total. The average Bonchev–Trinajstić information content (AvgIpc) is 3.12. The lowest BCUT2D eigenvalue weighted by Gasteiger charge is -2.31. The van der Waals surface area contributed by atoms with Crippen LogP contribution in [0, 0.1) is 5.92 Å². The zero-order valence-electron chi connectivity index (χ0n) is 17.4. The summed E-state index contributed by atoms with van der Waals surface area (Å²) in [7, 11) is 0. The topological polar surface area (TPSA) is 62.4 Å². The van der Waals surface area contributed by atoms with E-state index in [1.54, 1.807) is 11.8 Å². The van der Waals surface area contributed by atoms with E-state index in [0.29, 0.717) is 44.0 Å². The standard InChI is InChI=1S/C24H25ClN2O3S/c1-2-30-24(29)16-11-13-27(14-12-16)22(28)15-20-19-5-3-4-6-21(19)26-23(20)31-18-9-7-17(25)8-10-18/h3-10,16,26H,2,11-15H2,1H3. The van der Waals surface area contributed by atoms with Gasteiger partial charge in [-0.15, -0.1) is 0 Å². The van der Waals surface area contributed by atoms with Crippen LogP contribution in [0.3, 0.4) is 0 Å². The molecule has 31 heavy (non-hydrogen) atoms. The van der Waals surface area contributed by atoms with E-state index < -0.39 is 0 Å². The number of aromatic nitrogens is 1. The number of fused-ring (bicyclic) bond motifs is 1. The Kier molecular flexibility index (Phi) is 6.88. The third kappa shape index (κ3) is 5.08. The number of amides is 1. The van der Waals surface area contributed by atoms with E-state index >= 15 is 0 Å². The SMILES string of the molecule is CCOC(=O)C1CCN(C(=O)Cc2c(Sc3ccc(Cl)cc3)[nH]c3ccccc23)CC1. The largest absolute Gasteiger partial charge is 0.466 e. The molecule has 1 aromatic heterocycles. The first-order valence-electron chi connectivity index (χ1n) is 10.5. The molecule has 7 heteroatoms. The van der Waals surface area contributed by atoms with Gasteiger partial charge in [-0.1, -0.05) is 41.6 Å². The van der Waals surface area contributed by atoms with E-state index in [4.69, 9.17) is 16.3 Å². The summed E-state index contributed by atoms with van der Waals surface area (Å²) >= 11 is 7.62. The first-order chi connectivity index (χ1) is 15.0. The number of nitrogens with zero attached hydrogens (tertiary/aromatic N) is 1. The Morgan fingerprint density at radius 2 is 1.84 bits per heavy atom. The molecule has 0 radical (unpaired) electrons. The number of piperidine rings is 1. The molecular weight excluding hydrogens is 432 g/mol. The van der Waals surface area contributed by atoms with Gasteiger partial charge >= 0.3 is 5.97 Å². The average molecular weight is 457 g/mol. The van der Waals surface area contributed by atoms with Crippen molar-refractivity contribution in [1.82, 2.24) is 9.88 Å². The Morgan fingerprint density at radius 1 is 1.13 bits per heavy atom. The van der Waals surface area contributed by atoms with Crippen LogP contribution in [0.1, 0.15) is 25.3 Å². The molecule has 1 amide bonds. The molecule has 0 bridgehead atoms. The van der Waals surface area contributed by atoms with Crippen LogP contribution in [0.5, 0.6) is 0 Å². The van der Waals surface area contributed by atoms with Gasteiger partial charge in [0, 0.05) is 39.5 Å². The molecule has 2 heterocycles. The number of ether oxygens (including phenoxy) is 1. The van der Waals surface area contributed by atoms with Crippen LogP contribution in [0.25, 0.3) is 10.9 Å². The molecular formula is C24H25ClN2O3S. The summed E-state index contributed by atoms with van der Waals surface area (Å²) in [5.74, 6) is -0.161. The highest BCUT2D eigenvalue weighted by Crippen LogP contribution is 2.35. The third-order valence-corrected chi connectivity index (χ3v) is 6.92. The van der Waals surface area contributed by atoms with Crippen LogP contribution >= 0.6 is 23.4 Å². The highest BCUT2D eigenvalue weighted by molar-refractivity contribution is 7.99. The summed E-state index contributed by atoms with van der Waals surface area (Å²) in [5.41, 5.74) is 2.02. The highest BCUT2D eigenvalue weighted by Gasteiger charge is 2.29. The number of carbonyl (C=O) groups excluding carboxylic acids is 2. The number of likely N-dealkylation sites (tertiary alicyclic amines) is 1. The summed E-state index contributed by atoms with van der Waals surface area (Å²) < 4.78 is 5.13. The molecule has 162 valence electrons. The Bertz CT molecular complexity index is 1070. The fourth-order valence-electron chi connectivity index (χ4n) is 3.95. The second-order valence-electron chi connectivity index (χ2n) is 7.62. The van der Waals surface area contributed by atoms with Gasteiger partial charge in [-0.25, -0.2) is 0 Å². The van der Waals surface area contributed by atoms with Gasteiger partial charge in [0.05, 0.1) is 24.0 Å². The maximum atomic E-state index is 13.1. The number of hydrogen-bond donors (Lipinski definition) is 1. The van der Waals surface area contributed by atoms with E-state index in [2.05, 4.69) is 4.98 Å². The Balaban J connectivity index is 1.50. The predicted octanol–water partition coefficient (Wildman–Crippen LogP) is 5.32. The van der Waals surface area contributed by atoms with Gasteiger partial charge in [0.25, 0.3) is 0 Å². The molecule has 1 saturated heterocycles. The fourth-order valence-corrected chi connectivity index (χ4v) is 5.05. The molecule has 1 aliphatic rings. The van der Waals surface area contributed by atoms with Gasteiger partial charge in [0.2, 0.25) is 5.91 Å². The molecule has 1 fully saturated rings. The lowest BCUT2D eigenvalue weighted by molar-refractivity contribution is -0.151. The van der Waals surface area contributed by atoms with E-state index in [9.17, 15) is 9.59 Å². The van der Waals surface area contributed by atoms with Gasteiger partial charge in [0.1, 0.15) is 0 Å². The molecule has 0 unspecified atom stereocenters. The summed E-state index contributed by atoms with van der Waals surface area (Å²) in [6.07, 6.45) is 1.64. The van der Waals surface area contributed by atoms with Crippen molar-refractivity contribution in [1.29, 1.82) is 0 Å². The molecule has 0 spiro atoms. The number of esters is 1. The molecule has 0 aliphatic carbocycles. The van der Waals surface area contributed by atoms with Gasteiger partial charge in [-0.3, -0.25) is 9.59 Å². The van der Waals surface area contributed by atoms with Crippen LogP contribution in [0.2, 0.25) is 5.02 Å². The molecule has 5 nitrogen and oxygen atoms in total. The maximum Gasteiger partial charge on any atom is 0.309 e. The van der Waals surface area contributed by atoms with Crippen molar-refractivity contribution in [2.24, 2.45) is 5.92 Å². The number of hydrogen-bond acceptors (Lipinski definition) is 4. The summed E-state index contributed by atoms with van der Waals surface area (Å²) in [5, 5.41) is 2.73. The highest BCUT2D eigenvalue weighted by atomic mass is 35.5. The second-order valence-corrected chi connectivity index (χ2v) is 9.14. The van der Waals surface area contributed by atoms with Crippen LogP contribution in [0.15, 0.2) is 58.5 Å². The van der Waals surface area contributed by atoms with Gasteiger partial charge in [0.15, 0.2) is 0 Å². The third-order valence-electron chi connectivity index (χ3n) is 5.60. The summed E-state index contributed by atoms with van der Waals surface area (Å²) in [6.45, 7) is 3.39. The van der Waals surface area contributed by atoms with Crippen LogP contribution in [-0.4, -0.2) is 41.5 Å². The second kappa shape index (κ2) is 9.79. The number of nitrogens with one attached hydrogen (secondary N) is 1. The lowest BCUT2D eigenvalue weighted by Crippen LogP contribution is -2.41. The van der Waals surface area contributed by atoms with Crippen molar-refractivity contribution >= 4 is 46.1 Å². The Hall–Kier alpha value is -2.44. The predicted molar refractivity (Wildman–Crippen MR) is 124 cm³/mol. The molecule has 0 saturated carbocycles. The number of aromatic amines is 1. The monoisotopic (exact) mass is 456 g/mol. The zero-order valence-corrected chi connectivity index (χ0v) is 19.0. The van der Waals surface area contributed by atoms with Crippen molar-refractivity contribution in [3.8, 4) is 0 Å². The van der Waals surface area contributed by atoms with E-state index in [1.165, 1.54) is 0 Å². The molecule has 0 atom stereocenters. The lowest BCUT2D eigenvalue weighted by atomic mass is 9.96. The summed E-state index contributed by atoms with van der Waals surface area (Å²) in [6, 6.07) is 15.7. The van der Waals surface area contributed by atoms with E-state index in [0.717, 1.165) is 26.4 Å². The van der Waals surface area contributed by atoms with Crippen LogP contribution in [-0.2, 0) is 20.7 Å². The maximum absolute atomic E-state index is 13.1. The number of para-hydroxylation sites is 1. The number of halogens is 1. The number of benzene rings is 2. The van der Waals surface area contributed by atoms with Gasteiger partial charge < -0.3 is 14.6 Å². The van der Waals surface area contributed by atoms with Crippen molar-refractivity contribution < 1.29 is 14.3 Å². The van der Waals surface area contributed by atoms with E-state index in [1.807, 2.05) is 60.4 Å². The van der Waals surface area contributed by atoms with Crippen LogP contribution < -0.4 is 0 Å². The minimum atomic E-state index is -0.145. The quantitative estimate of drug-likeness (QED) is 0.510. The zero-order chi connectivity index (χ0) is 21.8. The van der Waals surface area contributed by atoms with Crippen molar-refractivity contribution in [2.75, 3.05) is 19.7 Å². The van der Waals surface area contributed by atoms with Crippen molar-refractivity contribution in [3.05, 3.63) is 59.1 Å². The molecule has 4 rings (SSSR count). The van der Waals surface area contributed by atoms with Crippen LogP contribution in [0.4, 0.5) is 0 Å².